The highest BCUT2D eigenvalue weighted by atomic mass is 32.2. The summed E-state index contributed by atoms with van der Waals surface area (Å²) >= 11 is 1.87. The van der Waals surface area contributed by atoms with Gasteiger partial charge in [-0.1, -0.05) is 20.8 Å². The Hall–Kier alpha value is -0.440. The minimum atomic E-state index is 0.520. The molecule has 0 saturated carbocycles. The second-order valence-corrected chi connectivity index (χ2v) is 4.67. The summed E-state index contributed by atoms with van der Waals surface area (Å²) < 4.78 is 0. The van der Waals surface area contributed by atoms with Gasteiger partial charge < -0.3 is 0 Å². The summed E-state index contributed by atoms with van der Waals surface area (Å²) in [5, 5.41) is 7.39. The standard InChI is InChI=1S/C10H18N2S/c1-7(2)9-5-10(12-11-9)8(3)6-13-4/h5,7-8H,6H2,1-4H3,(H,11,12). The molecule has 1 rings (SSSR count). The van der Waals surface area contributed by atoms with E-state index in [2.05, 4.69) is 43.3 Å². The van der Waals surface area contributed by atoms with E-state index in [1.165, 1.54) is 11.4 Å². The molecule has 0 amide bonds. The van der Waals surface area contributed by atoms with Crippen molar-refractivity contribution in [1.29, 1.82) is 0 Å². The lowest BCUT2D eigenvalue weighted by atomic mass is 10.1. The van der Waals surface area contributed by atoms with E-state index in [4.69, 9.17) is 0 Å². The molecule has 0 aliphatic heterocycles. The van der Waals surface area contributed by atoms with Crippen molar-refractivity contribution in [1.82, 2.24) is 10.2 Å². The fraction of sp³-hybridized carbons (Fsp3) is 0.700. The number of aromatic nitrogens is 2. The summed E-state index contributed by atoms with van der Waals surface area (Å²) in [7, 11) is 0. The van der Waals surface area contributed by atoms with Crippen LogP contribution in [0.25, 0.3) is 0 Å². The molecule has 1 N–H and O–H groups in total. The number of nitrogens with one attached hydrogen (secondary N) is 1. The van der Waals surface area contributed by atoms with Crippen molar-refractivity contribution in [2.24, 2.45) is 0 Å². The van der Waals surface area contributed by atoms with Crippen molar-refractivity contribution in [3.05, 3.63) is 17.5 Å². The second kappa shape index (κ2) is 4.70. The Balaban J connectivity index is 2.67. The van der Waals surface area contributed by atoms with Gasteiger partial charge in [0.15, 0.2) is 0 Å². The van der Waals surface area contributed by atoms with E-state index in [-0.39, 0.29) is 0 Å². The van der Waals surface area contributed by atoms with Crippen LogP contribution in [-0.4, -0.2) is 22.2 Å². The van der Waals surface area contributed by atoms with Crippen LogP contribution in [-0.2, 0) is 0 Å². The molecule has 1 heterocycles. The number of hydrogen-bond donors (Lipinski definition) is 1. The molecule has 0 fully saturated rings. The third-order valence-corrected chi connectivity index (χ3v) is 2.99. The van der Waals surface area contributed by atoms with Crippen molar-refractivity contribution in [2.45, 2.75) is 32.6 Å². The summed E-state index contributed by atoms with van der Waals surface area (Å²) in [4.78, 5) is 0. The predicted octanol–water partition coefficient (Wildman–Crippen LogP) is 3.00. The van der Waals surface area contributed by atoms with Gasteiger partial charge in [-0.2, -0.15) is 16.9 Å². The average molecular weight is 198 g/mol. The van der Waals surface area contributed by atoms with Crippen molar-refractivity contribution in [2.75, 3.05) is 12.0 Å². The van der Waals surface area contributed by atoms with Crippen molar-refractivity contribution in [3.63, 3.8) is 0 Å². The molecule has 2 nitrogen and oxygen atoms in total. The van der Waals surface area contributed by atoms with E-state index >= 15 is 0 Å². The summed E-state index contributed by atoms with van der Waals surface area (Å²) in [5.74, 6) is 2.25. The zero-order valence-electron chi connectivity index (χ0n) is 8.79. The lowest BCUT2D eigenvalue weighted by Gasteiger charge is -2.05. The zero-order chi connectivity index (χ0) is 9.84. The first-order valence-electron chi connectivity index (χ1n) is 4.69. The van der Waals surface area contributed by atoms with Gasteiger partial charge in [-0.3, -0.25) is 5.10 Å². The smallest absolute Gasteiger partial charge is 0.0650 e. The quantitative estimate of drug-likeness (QED) is 0.805. The number of aromatic amines is 1. The molecule has 74 valence electrons. The van der Waals surface area contributed by atoms with Crippen LogP contribution >= 0.6 is 11.8 Å². The van der Waals surface area contributed by atoms with Gasteiger partial charge in [-0.15, -0.1) is 0 Å². The molecule has 1 atom stereocenters. The highest BCUT2D eigenvalue weighted by Gasteiger charge is 2.10. The normalized spacial score (nSPS) is 13.6. The van der Waals surface area contributed by atoms with Crippen LogP contribution in [0.5, 0.6) is 0 Å². The molecule has 1 unspecified atom stereocenters. The number of nitrogens with zero attached hydrogens (tertiary/aromatic N) is 1. The largest absolute Gasteiger partial charge is 0.282 e. The average Bonchev–Trinajstić information content (AvgIpc) is 2.52. The molecule has 0 aliphatic carbocycles. The van der Waals surface area contributed by atoms with E-state index in [9.17, 15) is 0 Å². The highest BCUT2D eigenvalue weighted by molar-refractivity contribution is 7.98. The molecular formula is C10H18N2S. The van der Waals surface area contributed by atoms with Crippen molar-refractivity contribution >= 4 is 11.8 Å². The first kappa shape index (κ1) is 10.6. The van der Waals surface area contributed by atoms with E-state index in [0.717, 1.165) is 5.75 Å². The van der Waals surface area contributed by atoms with E-state index in [1.807, 2.05) is 11.8 Å². The molecule has 1 aromatic rings. The zero-order valence-corrected chi connectivity index (χ0v) is 9.61. The fourth-order valence-electron chi connectivity index (χ4n) is 1.24. The molecule has 0 saturated heterocycles. The summed E-state index contributed by atoms with van der Waals surface area (Å²) in [6.07, 6.45) is 2.14. The number of H-pyrrole nitrogens is 1. The predicted molar refractivity (Wildman–Crippen MR) is 59.5 cm³/mol. The minimum absolute atomic E-state index is 0.520. The summed E-state index contributed by atoms with van der Waals surface area (Å²) in [5.41, 5.74) is 2.43. The third kappa shape index (κ3) is 2.76. The maximum atomic E-state index is 4.28. The van der Waals surface area contributed by atoms with Crippen LogP contribution in [0, 0.1) is 0 Å². The van der Waals surface area contributed by atoms with E-state index < -0.39 is 0 Å². The molecule has 0 radical (unpaired) electrons. The molecule has 3 heteroatoms. The van der Waals surface area contributed by atoms with Gasteiger partial charge in [0, 0.05) is 17.4 Å². The van der Waals surface area contributed by atoms with Gasteiger partial charge in [0.25, 0.3) is 0 Å². The molecular weight excluding hydrogens is 180 g/mol. The first-order valence-corrected chi connectivity index (χ1v) is 6.08. The van der Waals surface area contributed by atoms with E-state index in [0.29, 0.717) is 11.8 Å². The SMILES string of the molecule is CSCC(C)c1cc(C(C)C)n[nH]1. The molecule has 13 heavy (non-hydrogen) atoms. The Morgan fingerprint density at radius 3 is 2.62 bits per heavy atom. The van der Waals surface area contributed by atoms with Crippen LogP contribution in [0.1, 0.15) is 44.0 Å². The number of hydrogen-bond acceptors (Lipinski definition) is 2. The Morgan fingerprint density at radius 2 is 2.15 bits per heavy atom. The van der Waals surface area contributed by atoms with Gasteiger partial charge >= 0.3 is 0 Å². The van der Waals surface area contributed by atoms with Crippen molar-refractivity contribution < 1.29 is 0 Å². The topological polar surface area (TPSA) is 28.7 Å². The number of rotatable bonds is 4. The maximum absolute atomic E-state index is 4.28. The second-order valence-electron chi connectivity index (χ2n) is 3.76. The molecule has 0 spiro atoms. The molecule has 0 aromatic carbocycles. The van der Waals surface area contributed by atoms with Crippen LogP contribution in [0.2, 0.25) is 0 Å². The van der Waals surface area contributed by atoms with Gasteiger partial charge in [-0.05, 0) is 18.2 Å². The summed E-state index contributed by atoms with van der Waals surface area (Å²) in [6.45, 7) is 6.56. The van der Waals surface area contributed by atoms with Gasteiger partial charge in [-0.25, -0.2) is 0 Å². The Kier molecular flexibility index (Phi) is 3.85. The first-order chi connectivity index (χ1) is 6.15. The minimum Gasteiger partial charge on any atom is -0.282 e. The Bertz CT molecular complexity index is 255. The molecule has 0 bridgehead atoms. The van der Waals surface area contributed by atoms with E-state index in [1.54, 1.807) is 0 Å². The van der Waals surface area contributed by atoms with Gasteiger partial charge in [0.05, 0.1) is 5.69 Å². The Morgan fingerprint density at radius 1 is 1.46 bits per heavy atom. The van der Waals surface area contributed by atoms with Gasteiger partial charge in [0.2, 0.25) is 0 Å². The van der Waals surface area contributed by atoms with Crippen LogP contribution in [0.4, 0.5) is 0 Å². The monoisotopic (exact) mass is 198 g/mol. The van der Waals surface area contributed by atoms with Gasteiger partial charge in [0.1, 0.15) is 0 Å². The molecule has 0 aliphatic rings. The highest BCUT2D eigenvalue weighted by Crippen LogP contribution is 2.20. The van der Waals surface area contributed by atoms with Crippen LogP contribution in [0.3, 0.4) is 0 Å². The Labute approximate surface area is 84.5 Å². The lowest BCUT2D eigenvalue weighted by molar-refractivity contribution is 0.795. The van der Waals surface area contributed by atoms with Crippen molar-refractivity contribution in [3.8, 4) is 0 Å². The van der Waals surface area contributed by atoms with Crippen LogP contribution in [0.15, 0.2) is 6.07 Å². The molecule has 1 aromatic heterocycles. The summed E-state index contributed by atoms with van der Waals surface area (Å²) in [6, 6.07) is 2.19. The van der Waals surface area contributed by atoms with Crippen LogP contribution < -0.4 is 0 Å². The number of thioether (sulfide) groups is 1. The maximum Gasteiger partial charge on any atom is 0.0650 e. The fourth-order valence-corrected chi connectivity index (χ4v) is 1.92. The lowest BCUT2D eigenvalue weighted by Crippen LogP contribution is -1.96. The third-order valence-electron chi connectivity index (χ3n) is 2.16.